The van der Waals surface area contributed by atoms with Crippen LogP contribution in [0.1, 0.15) is 101 Å². The first kappa shape index (κ1) is 32.4. The van der Waals surface area contributed by atoms with Crippen molar-refractivity contribution in [2.45, 2.75) is 104 Å². The predicted octanol–water partition coefficient (Wildman–Crippen LogP) is 16.1. The van der Waals surface area contributed by atoms with E-state index in [1.165, 1.54) is 158 Å². The Balaban J connectivity index is 1.37. The summed E-state index contributed by atoms with van der Waals surface area (Å²) in [6, 6.07) is 14.4. The minimum Gasteiger partial charge on any atom is -0.139 e. The van der Waals surface area contributed by atoms with Crippen molar-refractivity contribution in [1.29, 1.82) is 0 Å². The highest BCUT2D eigenvalue weighted by atomic mass is 79.9. The molecule has 0 amide bonds. The Hall–Kier alpha value is -0.540. The van der Waals surface area contributed by atoms with E-state index in [9.17, 15) is 0 Å². The molecule has 0 atom stereocenters. The van der Waals surface area contributed by atoms with Gasteiger partial charge in [-0.3, -0.25) is 0 Å². The van der Waals surface area contributed by atoms with Crippen LogP contribution in [-0.4, -0.2) is 0 Å². The summed E-state index contributed by atoms with van der Waals surface area (Å²) in [5.41, 5.74) is 0. The number of halogens is 2. The van der Waals surface area contributed by atoms with Crippen molar-refractivity contribution in [2.75, 3.05) is 0 Å². The average Bonchev–Trinajstić information content (AvgIpc) is 3.81. The van der Waals surface area contributed by atoms with E-state index in [0.29, 0.717) is 0 Å². The second kappa shape index (κ2) is 15.4. The third kappa shape index (κ3) is 7.39. The summed E-state index contributed by atoms with van der Waals surface area (Å²) in [6.07, 6.45) is 18.7. The smallest absolute Gasteiger partial charge is 0.0711 e. The van der Waals surface area contributed by atoms with Crippen LogP contribution in [0.5, 0.6) is 0 Å². The van der Waals surface area contributed by atoms with Crippen LogP contribution in [-0.2, 0) is 12.8 Å². The van der Waals surface area contributed by atoms with E-state index < -0.39 is 0 Å². The van der Waals surface area contributed by atoms with Gasteiger partial charge in [0.15, 0.2) is 0 Å². The molecule has 1 aromatic carbocycles. The van der Waals surface area contributed by atoms with Gasteiger partial charge in [-0.15, -0.1) is 56.7 Å². The summed E-state index contributed by atoms with van der Waals surface area (Å²) in [4.78, 5) is 8.84. The van der Waals surface area contributed by atoms with Gasteiger partial charge in [0, 0.05) is 41.1 Å². The lowest BCUT2D eigenvalue weighted by molar-refractivity contribution is 0.609. The Bertz CT molecular complexity index is 1660. The third-order valence-electron chi connectivity index (χ3n) is 8.38. The molecule has 0 aliphatic carbocycles. The van der Waals surface area contributed by atoms with Gasteiger partial charge in [0.05, 0.1) is 26.7 Å². The number of thiophene rings is 5. The molecule has 7 heteroatoms. The molecular formula is C36H40Br2S5. The molecule has 0 radical (unpaired) electrons. The van der Waals surface area contributed by atoms with Gasteiger partial charge in [-0.2, -0.15) is 0 Å². The number of hydrogen-bond donors (Lipinski definition) is 0. The maximum absolute atomic E-state index is 3.86. The molecule has 0 N–H and O–H groups in total. The fourth-order valence-corrected chi connectivity index (χ4v) is 13.2. The van der Waals surface area contributed by atoms with E-state index >= 15 is 0 Å². The first-order valence-electron chi connectivity index (χ1n) is 16.0. The van der Waals surface area contributed by atoms with Crippen LogP contribution in [0.2, 0.25) is 0 Å². The zero-order chi connectivity index (χ0) is 29.8. The van der Waals surface area contributed by atoms with Gasteiger partial charge in [-0.05, 0) is 93.9 Å². The van der Waals surface area contributed by atoms with Crippen LogP contribution < -0.4 is 0 Å². The van der Waals surface area contributed by atoms with E-state index in [4.69, 9.17) is 0 Å². The largest absolute Gasteiger partial charge is 0.139 e. The molecule has 0 spiro atoms. The molecule has 0 bridgehead atoms. The van der Waals surface area contributed by atoms with Gasteiger partial charge in [0.2, 0.25) is 0 Å². The molecule has 43 heavy (non-hydrogen) atoms. The van der Waals surface area contributed by atoms with Crippen LogP contribution in [0.25, 0.3) is 50.5 Å². The molecule has 0 saturated carbocycles. The maximum Gasteiger partial charge on any atom is 0.0711 e. The van der Waals surface area contributed by atoms with E-state index in [-0.39, 0.29) is 0 Å². The van der Waals surface area contributed by atoms with Crippen molar-refractivity contribution in [1.82, 2.24) is 0 Å². The number of rotatable bonds is 16. The number of aryl methyl sites for hydroxylation is 2. The van der Waals surface area contributed by atoms with Crippen molar-refractivity contribution in [3.63, 3.8) is 0 Å². The quantitative estimate of drug-likeness (QED) is 0.0857. The summed E-state index contributed by atoms with van der Waals surface area (Å²) in [7, 11) is 0. The van der Waals surface area contributed by atoms with Gasteiger partial charge in [0.25, 0.3) is 0 Å². The summed E-state index contributed by atoms with van der Waals surface area (Å²) in [5.74, 6) is 0. The molecule has 0 fully saturated rings. The van der Waals surface area contributed by atoms with E-state index in [0.717, 1.165) is 0 Å². The maximum atomic E-state index is 3.86. The van der Waals surface area contributed by atoms with Crippen LogP contribution in [0.15, 0.2) is 44.0 Å². The normalized spacial score (nSPS) is 12.1. The van der Waals surface area contributed by atoms with Crippen molar-refractivity contribution < 1.29 is 0 Å². The topological polar surface area (TPSA) is 0 Å². The number of fused-ring (bicyclic) bond motifs is 6. The Morgan fingerprint density at radius 1 is 0.488 bits per heavy atom. The number of unbranched alkanes of at least 4 members (excludes halogenated alkanes) is 10. The second-order valence-electron chi connectivity index (χ2n) is 11.7. The lowest BCUT2D eigenvalue weighted by Gasteiger charge is -2.03. The molecular weight excluding hydrogens is 753 g/mol. The number of hydrogen-bond acceptors (Lipinski definition) is 5. The van der Waals surface area contributed by atoms with Crippen molar-refractivity contribution in [3.8, 4) is 19.5 Å². The van der Waals surface area contributed by atoms with Crippen molar-refractivity contribution in [2.24, 2.45) is 0 Å². The van der Waals surface area contributed by atoms with Gasteiger partial charge >= 0.3 is 0 Å². The lowest BCUT2D eigenvalue weighted by atomic mass is 10.0. The number of benzene rings is 1. The third-order valence-corrected chi connectivity index (χ3v) is 15.7. The van der Waals surface area contributed by atoms with Crippen LogP contribution >= 0.6 is 88.5 Å². The SMILES string of the molecule is CCCCCCCCc1ccc(-c2sc(-c3ccc(CCCCCCCC)s3)c3c4cc(Br)sc4c4sc(Br)cc4c23)s1. The Morgan fingerprint density at radius 2 is 0.907 bits per heavy atom. The molecule has 6 rings (SSSR count). The highest BCUT2D eigenvalue weighted by Gasteiger charge is 2.24. The summed E-state index contributed by atoms with van der Waals surface area (Å²) in [5, 5.41) is 5.71. The van der Waals surface area contributed by atoms with Crippen molar-refractivity contribution in [3.05, 3.63) is 53.7 Å². The monoisotopic (exact) mass is 790 g/mol. The molecule has 0 aliphatic heterocycles. The molecule has 0 saturated heterocycles. The highest BCUT2D eigenvalue weighted by Crippen LogP contribution is 2.55. The minimum absolute atomic E-state index is 1.21. The summed E-state index contributed by atoms with van der Waals surface area (Å²) < 4.78 is 5.25. The van der Waals surface area contributed by atoms with Crippen molar-refractivity contribution >= 4 is 119 Å². The average molecular weight is 793 g/mol. The first-order chi connectivity index (χ1) is 21.1. The van der Waals surface area contributed by atoms with Crippen LogP contribution in [0.3, 0.4) is 0 Å². The molecule has 6 aromatic rings. The van der Waals surface area contributed by atoms with Gasteiger partial charge < -0.3 is 0 Å². The lowest BCUT2D eigenvalue weighted by Crippen LogP contribution is -1.82. The van der Waals surface area contributed by atoms with Gasteiger partial charge in [-0.1, -0.05) is 78.1 Å². The van der Waals surface area contributed by atoms with Gasteiger partial charge in [-0.25, -0.2) is 0 Å². The highest BCUT2D eigenvalue weighted by molar-refractivity contribution is 9.11. The zero-order valence-electron chi connectivity index (χ0n) is 25.2. The van der Waals surface area contributed by atoms with E-state index in [1.807, 2.05) is 56.7 Å². The van der Waals surface area contributed by atoms with Crippen LogP contribution in [0.4, 0.5) is 0 Å². The summed E-state index contributed by atoms with van der Waals surface area (Å²) in [6.45, 7) is 4.59. The van der Waals surface area contributed by atoms with Gasteiger partial charge in [0.1, 0.15) is 0 Å². The summed E-state index contributed by atoms with van der Waals surface area (Å²) >= 11 is 17.6. The minimum atomic E-state index is 1.21. The zero-order valence-corrected chi connectivity index (χ0v) is 32.4. The Morgan fingerprint density at radius 3 is 1.35 bits per heavy atom. The first-order valence-corrected chi connectivity index (χ1v) is 21.7. The Labute approximate surface area is 293 Å². The molecule has 0 unspecified atom stereocenters. The van der Waals surface area contributed by atoms with E-state index in [1.54, 1.807) is 0 Å². The Kier molecular flexibility index (Phi) is 11.6. The second-order valence-corrected chi connectivity index (χ2v) is 19.9. The fraction of sp³-hybridized carbons (Fsp3) is 0.444. The standard InChI is InChI=1S/C36H40Br2S5/c1-3-5-7-9-11-13-15-23-17-19-27(39-23)35-31-25-21-29(37)41-33(25)34-26(22-30(38)42-34)32(31)36(43-35)28-20-18-24(40-28)16-14-12-10-8-6-4-2/h17-22H,3-16H2,1-2H3. The molecule has 0 nitrogen and oxygen atoms in total. The fourth-order valence-electron chi connectivity index (χ4n) is 6.15. The molecule has 228 valence electrons. The molecule has 5 aromatic heterocycles. The molecule has 0 aliphatic rings. The predicted molar refractivity (Wildman–Crippen MR) is 209 cm³/mol. The van der Waals surface area contributed by atoms with Crippen LogP contribution in [0, 0.1) is 0 Å². The van der Waals surface area contributed by atoms with E-state index in [2.05, 4.69) is 82.1 Å². The molecule has 5 heterocycles.